The van der Waals surface area contributed by atoms with Crippen molar-refractivity contribution in [2.24, 2.45) is 5.92 Å². The number of carbonyl (C=O) groups is 1. The van der Waals surface area contributed by atoms with Crippen LogP contribution in [0.1, 0.15) is 25.0 Å². The van der Waals surface area contributed by atoms with Gasteiger partial charge < -0.3 is 10.6 Å². The molecule has 0 fully saturated rings. The van der Waals surface area contributed by atoms with Gasteiger partial charge in [-0.15, -0.1) is 0 Å². The molecule has 0 saturated carbocycles. The standard InChI is InChI=1S/C19H20ClF3N2O/c1-12(2)17(18(26)24-11-13-6-4-3-5-7-13)25-16-9-8-14(10-15(16)20)19(21,22)23/h3-10,12,17,25H,11H2,1-2H3,(H,24,26)/t17-/m0/s1. The third-order valence-electron chi connectivity index (χ3n) is 3.87. The van der Waals surface area contributed by atoms with E-state index in [1.807, 2.05) is 44.2 Å². The van der Waals surface area contributed by atoms with Crippen molar-refractivity contribution < 1.29 is 18.0 Å². The summed E-state index contributed by atoms with van der Waals surface area (Å²) in [6.45, 7) is 4.06. The largest absolute Gasteiger partial charge is 0.416 e. The van der Waals surface area contributed by atoms with Gasteiger partial charge in [0.05, 0.1) is 16.3 Å². The first kappa shape index (κ1) is 20.1. The highest BCUT2D eigenvalue weighted by molar-refractivity contribution is 6.33. The molecule has 1 atom stereocenters. The molecule has 0 unspecified atom stereocenters. The molecular weight excluding hydrogens is 365 g/mol. The van der Waals surface area contributed by atoms with Gasteiger partial charge in [-0.2, -0.15) is 13.2 Å². The number of hydrogen-bond donors (Lipinski definition) is 2. The van der Waals surface area contributed by atoms with E-state index < -0.39 is 17.8 Å². The Kier molecular flexibility index (Phi) is 6.53. The monoisotopic (exact) mass is 384 g/mol. The molecule has 0 heterocycles. The molecule has 2 aromatic carbocycles. The summed E-state index contributed by atoms with van der Waals surface area (Å²) in [6, 6.07) is 11.8. The molecule has 0 bridgehead atoms. The average Bonchev–Trinajstić information content (AvgIpc) is 2.58. The number of alkyl halides is 3. The first-order valence-electron chi connectivity index (χ1n) is 8.13. The van der Waals surface area contributed by atoms with Gasteiger partial charge in [0.2, 0.25) is 5.91 Å². The van der Waals surface area contributed by atoms with E-state index in [0.29, 0.717) is 6.54 Å². The van der Waals surface area contributed by atoms with Crippen LogP contribution in [0.25, 0.3) is 0 Å². The van der Waals surface area contributed by atoms with Crippen LogP contribution in [0.15, 0.2) is 48.5 Å². The molecule has 2 rings (SSSR count). The topological polar surface area (TPSA) is 41.1 Å². The summed E-state index contributed by atoms with van der Waals surface area (Å²) < 4.78 is 38.2. The number of benzene rings is 2. The zero-order chi connectivity index (χ0) is 19.3. The van der Waals surface area contributed by atoms with Gasteiger partial charge in [0, 0.05) is 6.54 Å². The number of carbonyl (C=O) groups excluding carboxylic acids is 1. The number of halogens is 4. The van der Waals surface area contributed by atoms with Gasteiger partial charge in [-0.3, -0.25) is 4.79 Å². The van der Waals surface area contributed by atoms with E-state index in [-0.39, 0.29) is 22.5 Å². The maximum Gasteiger partial charge on any atom is 0.416 e. The fraction of sp³-hybridized carbons (Fsp3) is 0.316. The third kappa shape index (κ3) is 5.39. The molecule has 0 aromatic heterocycles. The molecule has 2 N–H and O–H groups in total. The number of amides is 1. The highest BCUT2D eigenvalue weighted by Crippen LogP contribution is 2.34. The van der Waals surface area contributed by atoms with Crippen LogP contribution in [0, 0.1) is 5.92 Å². The number of anilines is 1. The maximum absolute atomic E-state index is 12.7. The summed E-state index contributed by atoms with van der Waals surface area (Å²) in [7, 11) is 0. The normalized spacial score (nSPS) is 12.7. The SMILES string of the molecule is CC(C)[C@H](Nc1ccc(C(F)(F)F)cc1Cl)C(=O)NCc1ccccc1. The number of rotatable bonds is 6. The van der Waals surface area contributed by atoms with Crippen molar-refractivity contribution >= 4 is 23.2 Å². The lowest BCUT2D eigenvalue weighted by Gasteiger charge is -2.23. The second-order valence-corrected chi connectivity index (χ2v) is 6.67. The van der Waals surface area contributed by atoms with Crippen molar-refractivity contribution in [2.45, 2.75) is 32.6 Å². The summed E-state index contributed by atoms with van der Waals surface area (Å²) in [4.78, 5) is 12.5. The lowest BCUT2D eigenvalue weighted by atomic mass is 10.0. The smallest absolute Gasteiger partial charge is 0.372 e. The van der Waals surface area contributed by atoms with Crippen LogP contribution >= 0.6 is 11.6 Å². The second kappa shape index (κ2) is 8.45. The minimum absolute atomic E-state index is 0.0821. The van der Waals surface area contributed by atoms with E-state index >= 15 is 0 Å². The van der Waals surface area contributed by atoms with Crippen LogP contribution in [0.2, 0.25) is 5.02 Å². The Labute approximate surface area is 155 Å². The van der Waals surface area contributed by atoms with Gasteiger partial charge >= 0.3 is 6.18 Å². The Hall–Kier alpha value is -2.21. The van der Waals surface area contributed by atoms with Gasteiger partial charge in [0.1, 0.15) is 6.04 Å². The second-order valence-electron chi connectivity index (χ2n) is 6.26. The van der Waals surface area contributed by atoms with Crippen LogP contribution in [0.5, 0.6) is 0 Å². The Morgan fingerprint density at radius 3 is 2.31 bits per heavy atom. The molecular formula is C19H20ClF3N2O. The summed E-state index contributed by atoms with van der Waals surface area (Å²) in [5, 5.41) is 5.70. The molecule has 0 spiro atoms. The molecule has 3 nitrogen and oxygen atoms in total. The van der Waals surface area contributed by atoms with Gasteiger partial charge in [-0.1, -0.05) is 55.8 Å². The third-order valence-corrected chi connectivity index (χ3v) is 4.18. The van der Waals surface area contributed by atoms with E-state index in [1.165, 1.54) is 6.07 Å². The minimum Gasteiger partial charge on any atom is -0.372 e. The Balaban J connectivity index is 2.09. The summed E-state index contributed by atoms with van der Waals surface area (Å²) >= 11 is 5.97. The van der Waals surface area contributed by atoms with Gasteiger partial charge in [-0.05, 0) is 29.7 Å². The fourth-order valence-corrected chi connectivity index (χ4v) is 2.64. The van der Waals surface area contributed by atoms with Crippen molar-refractivity contribution in [3.8, 4) is 0 Å². The predicted molar refractivity (Wildman–Crippen MR) is 97.0 cm³/mol. The molecule has 0 radical (unpaired) electrons. The molecule has 7 heteroatoms. The molecule has 26 heavy (non-hydrogen) atoms. The van der Waals surface area contributed by atoms with E-state index in [2.05, 4.69) is 10.6 Å². The van der Waals surface area contributed by atoms with Gasteiger partial charge in [0.15, 0.2) is 0 Å². The van der Waals surface area contributed by atoms with E-state index in [1.54, 1.807) is 0 Å². The summed E-state index contributed by atoms with van der Waals surface area (Å²) in [6.07, 6.45) is -4.47. The van der Waals surface area contributed by atoms with Crippen LogP contribution < -0.4 is 10.6 Å². The van der Waals surface area contributed by atoms with Crippen molar-refractivity contribution in [1.29, 1.82) is 0 Å². The Bertz CT molecular complexity index is 748. The number of nitrogens with one attached hydrogen (secondary N) is 2. The van der Waals surface area contributed by atoms with Crippen LogP contribution in [0.3, 0.4) is 0 Å². The van der Waals surface area contributed by atoms with E-state index in [9.17, 15) is 18.0 Å². The van der Waals surface area contributed by atoms with Crippen molar-refractivity contribution in [1.82, 2.24) is 5.32 Å². The molecule has 0 saturated heterocycles. The quantitative estimate of drug-likeness (QED) is 0.726. The number of hydrogen-bond acceptors (Lipinski definition) is 2. The molecule has 140 valence electrons. The summed E-state index contributed by atoms with van der Waals surface area (Å²) in [5.74, 6) is -0.344. The average molecular weight is 385 g/mol. The van der Waals surface area contributed by atoms with Crippen LogP contribution in [-0.4, -0.2) is 11.9 Å². The van der Waals surface area contributed by atoms with Crippen LogP contribution in [-0.2, 0) is 17.5 Å². The first-order valence-corrected chi connectivity index (χ1v) is 8.51. The molecule has 0 aliphatic heterocycles. The maximum atomic E-state index is 12.7. The minimum atomic E-state index is -4.47. The fourth-order valence-electron chi connectivity index (χ4n) is 2.41. The van der Waals surface area contributed by atoms with Crippen molar-refractivity contribution in [2.75, 3.05) is 5.32 Å². The highest BCUT2D eigenvalue weighted by Gasteiger charge is 2.31. The highest BCUT2D eigenvalue weighted by atomic mass is 35.5. The Morgan fingerprint density at radius 1 is 1.12 bits per heavy atom. The van der Waals surface area contributed by atoms with E-state index in [0.717, 1.165) is 17.7 Å². The summed E-state index contributed by atoms with van der Waals surface area (Å²) in [5.41, 5.74) is 0.409. The predicted octanol–water partition coefficient (Wildman–Crippen LogP) is 5.11. The van der Waals surface area contributed by atoms with E-state index in [4.69, 9.17) is 11.6 Å². The zero-order valence-corrected chi connectivity index (χ0v) is 15.2. The van der Waals surface area contributed by atoms with Crippen molar-refractivity contribution in [3.05, 3.63) is 64.7 Å². The molecule has 0 aliphatic carbocycles. The van der Waals surface area contributed by atoms with Gasteiger partial charge in [-0.25, -0.2) is 0 Å². The molecule has 2 aromatic rings. The zero-order valence-electron chi connectivity index (χ0n) is 14.4. The van der Waals surface area contributed by atoms with Crippen LogP contribution in [0.4, 0.5) is 18.9 Å². The first-order chi connectivity index (χ1) is 12.2. The van der Waals surface area contributed by atoms with Gasteiger partial charge in [0.25, 0.3) is 0 Å². The van der Waals surface area contributed by atoms with Crippen molar-refractivity contribution in [3.63, 3.8) is 0 Å². The lowest BCUT2D eigenvalue weighted by molar-refractivity contribution is -0.137. The molecule has 0 aliphatic rings. The molecule has 1 amide bonds. The Morgan fingerprint density at radius 2 is 1.77 bits per heavy atom. The lowest BCUT2D eigenvalue weighted by Crippen LogP contribution is -2.42.